The van der Waals surface area contributed by atoms with E-state index < -0.39 is 0 Å². The van der Waals surface area contributed by atoms with Crippen LogP contribution in [0.4, 0.5) is 0 Å². The second kappa shape index (κ2) is 5.26. The van der Waals surface area contributed by atoms with Gasteiger partial charge in [-0.3, -0.25) is 0 Å². The van der Waals surface area contributed by atoms with Crippen LogP contribution in [0.5, 0.6) is 0 Å². The Bertz CT molecular complexity index is 99.8. The summed E-state index contributed by atoms with van der Waals surface area (Å²) in [4.78, 5) is 0. The molecule has 10 heavy (non-hydrogen) atoms. The Labute approximate surface area is 62.2 Å². The Hall–Kier alpha value is -0.540. The topological polar surface area (TPSA) is 47.3 Å². The zero-order valence-electron chi connectivity index (χ0n) is 6.68. The normalized spacial score (nSPS) is 12.7. The molecular weight excluding hydrogens is 128 g/mol. The third-order valence-corrected chi connectivity index (χ3v) is 1.23. The Morgan fingerprint density at radius 1 is 1.80 bits per heavy atom. The summed E-state index contributed by atoms with van der Waals surface area (Å²) < 4.78 is 5.02. The molecule has 0 amide bonds. The zero-order chi connectivity index (χ0) is 7.98. The molecule has 0 radical (unpaired) electrons. The first-order valence-electron chi connectivity index (χ1n) is 3.33. The molecule has 1 atom stereocenters. The summed E-state index contributed by atoms with van der Waals surface area (Å²) in [6.45, 7) is 6.87. The van der Waals surface area contributed by atoms with Crippen molar-refractivity contribution < 1.29 is 4.74 Å². The van der Waals surface area contributed by atoms with E-state index in [0.717, 1.165) is 12.2 Å². The van der Waals surface area contributed by atoms with Gasteiger partial charge in [0.1, 0.15) is 0 Å². The molecule has 0 spiro atoms. The van der Waals surface area contributed by atoms with Crippen molar-refractivity contribution in [3.05, 3.63) is 12.3 Å². The number of hydrogen-bond acceptors (Lipinski definition) is 3. The van der Waals surface area contributed by atoms with Crippen molar-refractivity contribution in [2.75, 3.05) is 20.2 Å². The number of hydrogen-bond donors (Lipinski definition) is 2. The van der Waals surface area contributed by atoms with Crippen LogP contribution in [-0.4, -0.2) is 26.3 Å². The van der Waals surface area contributed by atoms with Crippen LogP contribution in [0.25, 0.3) is 0 Å². The average Bonchev–Trinajstić information content (AvgIpc) is 1.90. The number of ether oxygens (including phenoxy) is 1. The van der Waals surface area contributed by atoms with Gasteiger partial charge in [-0.25, -0.2) is 0 Å². The monoisotopic (exact) mass is 144 g/mol. The van der Waals surface area contributed by atoms with Gasteiger partial charge < -0.3 is 15.8 Å². The molecule has 0 aromatic carbocycles. The summed E-state index contributed by atoms with van der Waals surface area (Å²) in [6, 6.07) is 0. The van der Waals surface area contributed by atoms with E-state index in [9.17, 15) is 0 Å². The number of nitrogens with one attached hydrogen (secondary N) is 1. The maximum atomic E-state index is 5.37. The molecule has 1 unspecified atom stereocenters. The van der Waals surface area contributed by atoms with E-state index in [0.29, 0.717) is 6.54 Å². The minimum atomic E-state index is 0.0942. The van der Waals surface area contributed by atoms with Crippen molar-refractivity contribution in [2.45, 2.75) is 13.0 Å². The van der Waals surface area contributed by atoms with Gasteiger partial charge in [-0.1, -0.05) is 6.58 Å². The van der Waals surface area contributed by atoms with E-state index >= 15 is 0 Å². The molecule has 0 bridgehead atoms. The number of allylic oxidation sites excluding steroid dienone is 1. The van der Waals surface area contributed by atoms with Gasteiger partial charge in [-0.2, -0.15) is 0 Å². The van der Waals surface area contributed by atoms with E-state index in [-0.39, 0.29) is 6.10 Å². The summed E-state index contributed by atoms with van der Waals surface area (Å²) in [5, 5.41) is 3.05. The van der Waals surface area contributed by atoms with Gasteiger partial charge in [0.25, 0.3) is 0 Å². The van der Waals surface area contributed by atoms with Crippen LogP contribution < -0.4 is 11.1 Å². The highest BCUT2D eigenvalue weighted by molar-refractivity contribution is 4.85. The average molecular weight is 144 g/mol. The molecule has 60 valence electrons. The van der Waals surface area contributed by atoms with Crippen LogP contribution in [0.15, 0.2) is 12.3 Å². The van der Waals surface area contributed by atoms with Crippen LogP contribution in [0.2, 0.25) is 0 Å². The van der Waals surface area contributed by atoms with Crippen molar-refractivity contribution in [3.8, 4) is 0 Å². The Morgan fingerprint density at radius 3 is 2.70 bits per heavy atom. The second-order valence-electron chi connectivity index (χ2n) is 2.25. The van der Waals surface area contributed by atoms with E-state index in [4.69, 9.17) is 10.5 Å². The van der Waals surface area contributed by atoms with Gasteiger partial charge in [0.2, 0.25) is 0 Å². The van der Waals surface area contributed by atoms with Gasteiger partial charge >= 0.3 is 0 Å². The highest BCUT2D eigenvalue weighted by atomic mass is 16.5. The molecule has 3 N–H and O–H groups in total. The molecule has 3 heteroatoms. The maximum Gasteiger partial charge on any atom is 0.0865 e. The third kappa shape index (κ3) is 4.35. The molecule has 0 aromatic heterocycles. The van der Waals surface area contributed by atoms with Crippen molar-refractivity contribution >= 4 is 0 Å². The van der Waals surface area contributed by atoms with E-state index in [2.05, 4.69) is 11.9 Å². The van der Waals surface area contributed by atoms with Crippen molar-refractivity contribution in [1.29, 1.82) is 0 Å². The lowest BCUT2D eigenvalue weighted by atomic mass is 10.3. The molecule has 0 aromatic rings. The first kappa shape index (κ1) is 9.46. The Morgan fingerprint density at radius 2 is 2.40 bits per heavy atom. The lowest BCUT2D eigenvalue weighted by Crippen LogP contribution is -2.33. The molecule has 0 heterocycles. The molecule has 0 rings (SSSR count). The summed E-state index contributed by atoms with van der Waals surface area (Å²) >= 11 is 0. The standard InChI is InChI=1S/C7H16N2O/c1-6(2)9-5-7(4-8)10-3/h7,9H,1,4-5,8H2,2-3H3. The molecule has 0 fully saturated rings. The van der Waals surface area contributed by atoms with Crippen LogP contribution >= 0.6 is 0 Å². The van der Waals surface area contributed by atoms with Gasteiger partial charge in [-0.15, -0.1) is 0 Å². The van der Waals surface area contributed by atoms with Crippen LogP contribution in [-0.2, 0) is 4.74 Å². The fourth-order valence-corrected chi connectivity index (χ4v) is 0.551. The summed E-state index contributed by atoms with van der Waals surface area (Å²) in [7, 11) is 1.65. The van der Waals surface area contributed by atoms with Crippen molar-refractivity contribution in [3.63, 3.8) is 0 Å². The number of methoxy groups -OCH3 is 1. The van der Waals surface area contributed by atoms with Gasteiger partial charge in [0, 0.05) is 25.9 Å². The lowest BCUT2D eigenvalue weighted by molar-refractivity contribution is 0.111. The zero-order valence-corrected chi connectivity index (χ0v) is 6.68. The quantitative estimate of drug-likeness (QED) is 0.574. The van der Waals surface area contributed by atoms with Crippen LogP contribution in [0.3, 0.4) is 0 Å². The first-order valence-corrected chi connectivity index (χ1v) is 3.33. The van der Waals surface area contributed by atoms with Crippen LogP contribution in [0, 0.1) is 0 Å². The largest absolute Gasteiger partial charge is 0.386 e. The molecular formula is C7H16N2O. The Kier molecular flexibility index (Phi) is 4.98. The maximum absolute atomic E-state index is 5.37. The SMILES string of the molecule is C=C(C)NCC(CN)OC. The summed E-state index contributed by atoms with van der Waals surface area (Å²) in [5.74, 6) is 0. The molecule has 0 aliphatic carbocycles. The highest BCUT2D eigenvalue weighted by Gasteiger charge is 2.01. The van der Waals surface area contributed by atoms with E-state index in [1.807, 2.05) is 6.92 Å². The molecule has 0 aliphatic rings. The minimum absolute atomic E-state index is 0.0942. The molecule has 3 nitrogen and oxygen atoms in total. The molecule has 0 saturated carbocycles. The third-order valence-electron chi connectivity index (χ3n) is 1.23. The Balaban J connectivity index is 3.34. The summed E-state index contributed by atoms with van der Waals surface area (Å²) in [6.07, 6.45) is 0.0942. The van der Waals surface area contributed by atoms with E-state index in [1.165, 1.54) is 0 Å². The van der Waals surface area contributed by atoms with Gasteiger partial charge in [-0.05, 0) is 6.92 Å². The minimum Gasteiger partial charge on any atom is -0.386 e. The molecule has 0 saturated heterocycles. The van der Waals surface area contributed by atoms with Crippen LogP contribution in [0.1, 0.15) is 6.92 Å². The van der Waals surface area contributed by atoms with Gasteiger partial charge in [0.05, 0.1) is 6.10 Å². The number of rotatable bonds is 5. The van der Waals surface area contributed by atoms with E-state index in [1.54, 1.807) is 7.11 Å². The fraction of sp³-hybridized carbons (Fsp3) is 0.714. The second-order valence-corrected chi connectivity index (χ2v) is 2.25. The first-order chi connectivity index (χ1) is 4.70. The highest BCUT2D eigenvalue weighted by Crippen LogP contribution is 1.85. The predicted molar refractivity (Wildman–Crippen MR) is 42.7 cm³/mol. The predicted octanol–water partition coefficient (Wildman–Crippen LogP) is 0.0833. The van der Waals surface area contributed by atoms with Gasteiger partial charge in [0.15, 0.2) is 0 Å². The van der Waals surface area contributed by atoms with Crippen molar-refractivity contribution in [1.82, 2.24) is 5.32 Å². The molecule has 0 aliphatic heterocycles. The summed E-state index contributed by atoms with van der Waals surface area (Å²) in [5.41, 5.74) is 6.32. The van der Waals surface area contributed by atoms with Crippen molar-refractivity contribution in [2.24, 2.45) is 5.73 Å². The fourth-order valence-electron chi connectivity index (χ4n) is 0.551. The number of nitrogens with two attached hydrogens (primary N) is 1. The lowest BCUT2D eigenvalue weighted by Gasteiger charge is -2.13. The smallest absolute Gasteiger partial charge is 0.0865 e.